The van der Waals surface area contributed by atoms with Crippen LogP contribution in [0.25, 0.3) is 210 Å². The summed E-state index contributed by atoms with van der Waals surface area (Å²) >= 11 is 0. The molecule has 21 aromatic rings. The number of hydrogen-bond acceptors (Lipinski definition) is 8. The lowest BCUT2D eigenvalue weighted by molar-refractivity contribution is 1.37. The maximum atomic E-state index is 5.18. The molecule has 0 unspecified atom stereocenters. The summed E-state index contributed by atoms with van der Waals surface area (Å²) in [5.41, 5.74) is 31.9. The monoisotopic (exact) mass is 1400 g/mol. The Kier molecular flexibility index (Phi) is 16.4. The maximum Gasteiger partial charge on any atom is 0.0970 e. The third kappa shape index (κ3) is 12.5. The van der Waals surface area contributed by atoms with E-state index in [4.69, 9.17) is 24.9 Å². The molecule has 0 spiro atoms. The second-order valence-corrected chi connectivity index (χ2v) is 27.8. The highest BCUT2D eigenvalue weighted by Gasteiger charge is 2.17. The van der Waals surface area contributed by atoms with Gasteiger partial charge in [-0.05, 0) is 193 Å². The summed E-state index contributed by atoms with van der Waals surface area (Å²) in [4.78, 5) is 39.1. The largest absolute Gasteiger partial charge is 0.254 e. The van der Waals surface area contributed by atoms with Crippen molar-refractivity contribution < 1.29 is 0 Å². The molecule has 0 saturated carbocycles. The van der Waals surface area contributed by atoms with E-state index >= 15 is 0 Å². The van der Waals surface area contributed by atoms with Gasteiger partial charge in [-0.1, -0.05) is 249 Å². The molecule has 8 heterocycles. The summed E-state index contributed by atoms with van der Waals surface area (Å²) in [6.07, 6.45) is 7.32. The van der Waals surface area contributed by atoms with Crippen LogP contribution < -0.4 is 0 Å². The van der Waals surface area contributed by atoms with Crippen molar-refractivity contribution in [1.82, 2.24) is 39.9 Å². The first kappa shape index (κ1) is 64.7. The minimum atomic E-state index is 0.918. The van der Waals surface area contributed by atoms with Gasteiger partial charge in [-0.2, -0.15) is 0 Å². The van der Waals surface area contributed by atoms with E-state index in [0.29, 0.717) is 0 Å². The van der Waals surface area contributed by atoms with Crippen LogP contribution in [0.4, 0.5) is 0 Å². The molecule has 8 aromatic heterocycles. The lowest BCUT2D eigenvalue weighted by Gasteiger charge is -2.12. The van der Waals surface area contributed by atoms with E-state index in [2.05, 4.69) is 349 Å². The molecule has 0 fully saturated rings. The second-order valence-electron chi connectivity index (χ2n) is 27.8. The predicted molar refractivity (Wildman–Crippen MR) is 455 cm³/mol. The van der Waals surface area contributed by atoms with E-state index in [9.17, 15) is 0 Å². The van der Waals surface area contributed by atoms with Gasteiger partial charge in [0, 0.05) is 90.1 Å². The smallest absolute Gasteiger partial charge is 0.0970 e. The van der Waals surface area contributed by atoms with Gasteiger partial charge in [0.15, 0.2) is 0 Å². The number of rotatable bonds is 11. The van der Waals surface area contributed by atoms with E-state index in [0.717, 1.165) is 177 Å². The zero-order valence-electron chi connectivity index (χ0n) is 59.5. The highest BCUT2D eigenvalue weighted by Crippen LogP contribution is 2.40. The second kappa shape index (κ2) is 27.9. The normalized spacial score (nSPS) is 11.5. The summed E-state index contributed by atoms with van der Waals surface area (Å²) < 4.78 is 0. The molecule has 0 N–H and O–H groups in total. The van der Waals surface area contributed by atoms with E-state index < -0.39 is 0 Å². The summed E-state index contributed by atoms with van der Waals surface area (Å²) in [6.45, 7) is 0. The Morgan fingerprint density at radius 3 is 0.873 bits per heavy atom. The van der Waals surface area contributed by atoms with Crippen LogP contribution in [0, 0.1) is 0 Å². The van der Waals surface area contributed by atoms with Crippen LogP contribution in [0.2, 0.25) is 0 Å². The minimum absolute atomic E-state index is 0.918. The van der Waals surface area contributed by atoms with Crippen molar-refractivity contribution in [3.8, 4) is 123 Å². The van der Waals surface area contributed by atoms with E-state index in [1.807, 2.05) is 55.1 Å². The predicted octanol–water partition coefficient (Wildman–Crippen LogP) is 26.1. The molecular weight excluding hydrogens is 1340 g/mol. The average molecular weight is 1400 g/mol. The quantitative estimate of drug-likeness (QED) is 0.118. The van der Waals surface area contributed by atoms with Gasteiger partial charge in [-0.3, -0.25) is 19.9 Å². The van der Waals surface area contributed by atoms with Crippen LogP contribution in [0.3, 0.4) is 0 Å². The molecule has 0 bridgehead atoms. The Bertz CT molecular complexity index is 7060. The van der Waals surface area contributed by atoms with Crippen LogP contribution in [0.5, 0.6) is 0 Å². The Morgan fingerprint density at radius 1 is 0.145 bits per heavy atom. The number of benzene rings is 13. The third-order valence-electron chi connectivity index (χ3n) is 21.1. The fourth-order valence-electron chi connectivity index (χ4n) is 15.4. The van der Waals surface area contributed by atoms with E-state index in [-0.39, 0.29) is 0 Å². The van der Waals surface area contributed by atoms with Gasteiger partial charge in [0.25, 0.3) is 0 Å². The lowest BCUT2D eigenvalue weighted by atomic mass is 9.94. The highest BCUT2D eigenvalue weighted by atomic mass is 14.7. The third-order valence-corrected chi connectivity index (χ3v) is 21.1. The number of fused-ring (bicyclic) bond motifs is 10. The van der Waals surface area contributed by atoms with Gasteiger partial charge in [0.1, 0.15) is 0 Å². The Hall–Kier alpha value is -14.9. The molecule has 13 aromatic carbocycles. The molecule has 0 aliphatic rings. The molecule has 0 aliphatic carbocycles. The van der Waals surface area contributed by atoms with Crippen LogP contribution in [0.1, 0.15) is 0 Å². The first-order chi connectivity index (χ1) is 54.4. The van der Waals surface area contributed by atoms with Crippen LogP contribution in [-0.2, 0) is 0 Å². The van der Waals surface area contributed by atoms with Gasteiger partial charge in [0.05, 0.1) is 66.9 Å². The molecule has 8 heteroatoms. The maximum absolute atomic E-state index is 5.18. The van der Waals surface area contributed by atoms with Crippen LogP contribution in [-0.4, -0.2) is 39.9 Å². The first-order valence-corrected chi connectivity index (χ1v) is 37.0. The van der Waals surface area contributed by atoms with E-state index in [1.54, 1.807) is 0 Å². The molecule has 110 heavy (non-hydrogen) atoms. The van der Waals surface area contributed by atoms with Gasteiger partial charge in [0.2, 0.25) is 0 Å². The Labute approximate surface area is 634 Å². The van der Waals surface area contributed by atoms with Crippen molar-refractivity contribution in [3.05, 3.63) is 389 Å². The first-order valence-electron chi connectivity index (χ1n) is 37.0. The van der Waals surface area contributed by atoms with Gasteiger partial charge < -0.3 is 0 Å². The van der Waals surface area contributed by atoms with Crippen molar-refractivity contribution in [2.75, 3.05) is 0 Å². The molecule has 0 atom stereocenters. The molecule has 8 nitrogen and oxygen atoms in total. The zero-order chi connectivity index (χ0) is 72.9. The average Bonchev–Trinajstić information content (AvgIpc) is 0.773. The van der Waals surface area contributed by atoms with Gasteiger partial charge in [-0.25, -0.2) is 19.9 Å². The zero-order valence-corrected chi connectivity index (χ0v) is 59.5. The molecule has 0 saturated heterocycles. The van der Waals surface area contributed by atoms with Gasteiger partial charge in [-0.15, -0.1) is 0 Å². The van der Waals surface area contributed by atoms with Crippen molar-refractivity contribution in [2.45, 2.75) is 0 Å². The molecular formula is C102H64N8. The molecule has 0 radical (unpaired) electrons. The summed E-state index contributed by atoms with van der Waals surface area (Å²) in [7, 11) is 0. The fraction of sp³-hybridized carbons (Fsp3) is 0. The standard InChI is InChI=1S/C54H34N4.C48H30N4/c1-3-9-35(10-4-1)44-30-45(36-11-5-2-6-12-36)32-46(31-44)51-26-23-42-29-40(22-25-50(42)57-51)41-20-19-39-21-24-49(58-52(39)34-41)38-17-15-37(16-18-38)48-33-43-13-7-27-55-53(43)54-47(48)14-8-28-56-54;1-2-6-31(7-3-1)32-10-14-34(15-11-32)43-25-22-39-28-37(21-24-45(39)51-43)38-19-18-36-20-23-44(52-46(36)30-38)35-16-12-33(13-17-35)42-29-40-8-4-26-49-47(40)48-41(42)9-5-27-50-48/h1-34H;1-30H. The highest BCUT2D eigenvalue weighted by molar-refractivity contribution is 6.11. The van der Waals surface area contributed by atoms with Crippen LogP contribution >= 0.6 is 0 Å². The van der Waals surface area contributed by atoms with Gasteiger partial charge >= 0.3 is 0 Å². The van der Waals surface area contributed by atoms with Crippen molar-refractivity contribution in [3.63, 3.8) is 0 Å². The lowest BCUT2D eigenvalue weighted by Crippen LogP contribution is -1.90. The summed E-state index contributed by atoms with van der Waals surface area (Å²) in [5.74, 6) is 0. The van der Waals surface area contributed by atoms with E-state index in [1.165, 1.54) is 33.4 Å². The molecule has 0 amide bonds. The van der Waals surface area contributed by atoms with Crippen molar-refractivity contribution in [1.29, 1.82) is 0 Å². The SMILES string of the molecule is c1ccc(-c2cc(-c3ccccc3)cc(-c3ccc4cc(-c5ccc6ccc(-c7ccc(-c8cc9cccnc9c9ncccc89)cc7)nc6c5)ccc4n3)c2)cc1.c1ccc(-c2ccc(-c3ccc4cc(-c5ccc6ccc(-c7ccc(-c8cc9cccnc9c9ncccc89)cc7)nc6c5)ccc4n3)cc2)cc1. The molecule has 21 rings (SSSR count). The number of pyridine rings is 8. The van der Waals surface area contributed by atoms with Crippen molar-refractivity contribution >= 4 is 87.2 Å². The molecule has 512 valence electrons. The summed E-state index contributed by atoms with van der Waals surface area (Å²) in [5, 5.41) is 8.76. The van der Waals surface area contributed by atoms with Crippen LogP contribution in [0.15, 0.2) is 389 Å². The Morgan fingerprint density at radius 2 is 0.445 bits per heavy atom. The molecule has 0 aliphatic heterocycles. The topological polar surface area (TPSA) is 103 Å². The number of hydrogen-bond donors (Lipinski definition) is 0. The fourth-order valence-corrected chi connectivity index (χ4v) is 15.4. The number of nitrogens with zero attached hydrogens (tertiary/aromatic N) is 8. The Balaban J connectivity index is 0.000000145. The minimum Gasteiger partial charge on any atom is -0.254 e. The van der Waals surface area contributed by atoms with Crippen molar-refractivity contribution in [2.24, 2.45) is 0 Å². The summed E-state index contributed by atoms with van der Waals surface area (Å²) in [6, 6.07) is 128. The number of aromatic nitrogens is 8.